The maximum Gasteiger partial charge on any atom is 0.243 e. The van der Waals surface area contributed by atoms with Crippen molar-refractivity contribution in [3.8, 4) is 0 Å². The fourth-order valence-corrected chi connectivity index (χ4v) is 2.12. The first-order valence-corrected chi connectivity index (χ1v) is 9.29. The van der Waals surface area contributed by atoms with Crippen LogP contribution in [0.3, 0.4) is 0 Å². The largest absolute Gasteiger partial charge is 0.374 e. The molecule has 1 amide bonds. The van der Waals surface area contributed by atoms with Crippen LogP contribution in [0, 0.1) is 5.92 Å². The van der Waals surface area contributed by atoms with Crippen LogP contribution in [0.1, 0.15) is 38.9 Å². The molecule has 0 aliphatic rings. The summed E-state index contributed by atoms with van der Waals surface area (Å²) in [5, 5.41) is 6.54. The molecule has 1 unspecified atom stereocenters. The van der Waals surface area contributed by atoms with E-state index in [4.69, 9.17) is 4.74 Å². The monoisotopic (exact) mass is 362 g/mol. The number of carbonyl (C=O) groups excluding carboxylic acids is 1. The van der Waals surface area contributed by atoms with Gasteiger partial charge in [-0.1, -0.05) is 44.2 Å². The van der Waals surface area contributed by atoms with Crippen LogP contribution in [0.2, 0.25) is 0 Å². The highest BCUT2D eigenvalue weighted by atomic mass is 16.5. The first-order chi connectivity index (χ1) is 12.4. The van der Waals surface area contributed by atoms with Crippen molar-refractivity contribution in [3.63, 3.8) is 0 Å². The predicted octanol–water partition coefficient (Wildman–Crippen LogP) is 2.43. The summed E-state index contributed by atoms with van der Waals surface area (Å²) in [5.74, 6) is 1.15. The topological polar surface area (TPSA) is 66.0 Å². The minimum Gasteiger partial charge on any atom is -0.374 e. The maximum absolute atomic E-state index is 11.7. The Labute approximate surface area is 158 Å². The SMILES string of the molecule is CC(C)CNC(=NCC(=O)N(C)C)NCCCOC(C)c1ccccc1. The number of ether oxygens (including phenoxy) is 1. The number of likely N-dealkylation sites (N-methyl/N-ethyl adjacent to an activating group) is 1. The van der Waals surface area contributed by atoms with Gasteiger partial charge in [0, 0.05) is 33.8 Å². The molecule has 6 nitrogen and oxygen atoms in total. The second-order valence-electron chi connectivity index (χ2n) is 6.93. The van der Waals surface area contributed by atoms with Gasteiger partial charge >= 0.3 is 0 Å². The van der Waals surface area contributed by atoms with E-state index in [9.17, 15) is 4.79 Å². The van der Waals surface area contributed by atoms with Gasteiger partial charge < -0.3 is 20.3 Å². The van der Waals surface area contributed by atoms with Crippen molar-refractivity contribution in [2.24, 2.45) is 10.9 Å². The molecule has 1 atom stereocenters. The molecule has 0 fully saturated rings. The zero-order valence-corrected chi connectivity index (χ0v) is 16.8. The van der Waals surface area contributed by atoms with Gasteiger partial charge in [0.15, 0.2) is 5.96 Å². The van der Waals surface area contributed by atoms with Gasteiger partial charge in [-0.2, -0.15) is 0 Å². The van der Waals surface area contributed by atoms with Crippen LogP contribution in [0.4, 0.5) is 0 Å². The molecule has 0 heterocycles. The number of hydrogen-bond donors (Lipinski definition) is 2. The van der Waals surface area contributed by atoms with E-state index in [0.717, 1.165) is 19.5 Å². The summed E-state index contributed by atoms with van der Waals surface area (Å²) < 4.78 is 5.88. The Bertz CT molecular complexity index is 544. The van der Waals surface area contributed by atoms with Gasteiger partial charge in [-0.3, -0.25) is 4.79 Å². The highest BCUT2D eigenvalue weighted by Crippen LogP contribution is 2.15. The molecule has 1 aromatic carbocycles. The Kier molecular flexibility index (Phi) is 10.4. The van der Waals surface area contributed by atoms with Crippen molar-refractivity contribution in [2.45, 2.75) is 33.3 Å². The number of hydrogen-bond acceptors (Lipinski definition) is 3. The van der Waals surface area contributed by atoms with Crippen LogP contribution in [-0.2, 0) is 9.53 Å². The summed E-state index contributed by atoms with van der Waals surface area (Å²) in [6, 6.07) is 10.2. The molecule has 1 rings (SSSR count). The van der Waals surface area contributed by atoms with Crippen LogP contribution in [0.25, 0.3) is 0 Å². The molecule has 26 heavy (non-hydrogen) atoms. The van der Waals surface area contributed by atoms with Gasteiger partial charge in [0.1, 0.15) is 6.54 Å². The van der Waals surface area contributed by atoms with Gasteiger partial charge in [0.05, 0.1) is 6.10 Å². The Morgan fingerprint density at radius 2 is 1.85 bits per heavy atom. The number of nitrogens with one attached hydrogen (secondary N) is 2. The Morgan fingerprint density at radius 3 is 2.46 bits per heavy atom. The van der Waals surface area contributed by atoms with Crippen LogP contribution in [0.5, 0.6) is 0 Å². The van der Waals surface area contributed by atoms with Gasteiger partial charge in [-0.05, 0) is 24.8 Å². The smallest absolute Gasteiger partial charge is 0.243 e. The molecule has 1 aromatic rings. The Balaban J connectivity index is 2.35. The zero-order valence-electron chi connectivity index (χ0n) is 16.8. The molecular weight excluding hydrogens is 328 g/mol. The second-order valence-corrected chi connectivity index (χ2v) is 6.93. The minimum atomic E-state index is -0.0179. The molecule has 0 saturated heterocycles. The molecule has 6 heteroatoms. The van der Waals surface area contributed by atoms with E-state index in [2.05, 4.69) is 48.5 Å². The fourth-order valence-electron chi connectivity index (χ4n) is 2.12. The normalized spacial score (nSPS) is 12.8. The molecule has 0 aliphatic carbocycles. The number of guanidine groups is 1. The molecular formula is C20H34N4O2. The minimum absolute atomic E-state index is 0.0179. The number of carbonyl (C=O) groups is 1. The van der Waals surface area contributed by atoms with Crippen molar-refractivity contribution in [3.05, 3.63) is 35.9 Å². The third-order valence-electron chi connectivity index (χ3n) is 3.80. The zero-order chi connectivity index (χ0) is 19.4. The Morgan fingerprint density at radius 1 is 1.15 bits per heavy atom. The van der Waals surface area contributed by atoms with E-state index >= 15 is 0 Å². The molecule has 2 N–H and O–H groups in total. The van der Waals surface area contributed by atoms with Gasteiger partial charge in [-0.15, -0.1) is 0 Å². The van der Waals surface area contributed by atoms with Crippen molar-refractivity contribution < 1.29 is 9.53 Å². The molecule has 0 aliphatic heterocycles. The summed E-state index contributed by atoms with van der Waals surface area (Å²) in [7, 11) is 3.47. The van der Waals surface area contributed by atoms with Crippen LogP contribution >= 0.6 is 0 Å². The molecule has 146 valence electrons. The maximum atomic E-state index is 11.7. The summed E-state index contributed by atoms with van der Waals surface area (Å²) in [6.07, 6.45) is 0.947. The summed E-state index contributed by atoms with van der Waals surface area (Å²) in [4.78, 5) is 17.6. The van der Waals surface area contributed by atoms with E-state index < -0.39 is 0 Å². The number of benzene rings is 1. The van der Waals surface area contributed by atoms with E-state index in [1.54, 1.807) is 19.0 Å². The molecule has 0 radical (unpaired) electrons. The predicted molar refractivity (Wildman–Crippen MR) is 107 cm³/mol. The van der Waals surface area contributed by atoms with Crippen molar-refractivity contribution in [1.82, 2.24) is 15.5 Å². The second kappa shape index (κ2) is 12.3. The first-order valence-electron chi connectivity index (χ1n) is 9.29. The number of amides is 1. The quantitative estimate of drug-likeness (QED) is 0.381. The van der Waals surface area contributed by atoms with E-state index in [1.807, 2.05) is 18.2 Å². The number of aliphatic imine (C=N–C) groups is 1. The number of rotatable bonds is 10. The lowest BCUT2D eigenvalue weighted by Crippen LogP contribution is -2.40. The third kappa shape index (κ3) is 9.42. The van der Waals surface area contributed by atoms with Crippen LogP contribution in [-0.4, -0.2) is 57.1 Å². The highest BCUT2D eigenvalue weighted by molar-refractivity contribution is 5.84. The average molecular weight is 363 g/mol. The molecule has 0 bridgehead atoms. The highest BCUT2D eigenvalue weighted by Gasteiger charge is 2.06. The average Bonchev–Trinajstić information content (AvgIpc) is 2.62. The van der Waals surface area contributed by atoms with Gasteiger partial charge in [-0.25, -0.2) is 4.99 Å². The van der Waals surface area contributed by atoms with E-state index in [-0.39, 0.29) is 18.6 Å². The van der Waals surface area contributed by atoms with Crippen molar-refractivity contribution >= 4 is 11.9 Å². The van der Waals surface area contributed by atoms with E-state index in [0.29, 0.717) is 18.5 Å². The molecule has 0 aromatic heterocycles. The lowest BCUT2D eigenvalue weighted by atomic mass is 10.1. The van der Waals surface area contributed by atoms with E-state index in [1.165, 1.54) is 5.56 Å². The van der Waals surface area contributed by atoms with Gasteiger partial charge in [0.25, 0.3) is 0 Å². The first kappa shape index (κ1) is 22.0. The fraction of sp³-hybridized carbons (Fsp3) is 0.600. The lowest BCUT2D eigenvalue weighted by Gasteiger charge is -2.16. The third-order valence-corrected chi connectivity index (χ3v) is 3.80. The van der Waals surface area contributed by atoms with Crippen molar-refractivity contribution in [2.75, 3.05) is 40.3 Å². The summed E-state index contributed by atoms with van der Waals surface area (Å²) >= 11 is 0. The lowest BCUT2D eigenvalue weighted by molar-refractivity contribution is -0.127. The van der Waals surface area contributed by atoms with Crippen molar-refractivity contribution in [1.29, 1.82) is 0 Å². The summed E-state index contributed by atoms with van der Waals surface area (Å²) in [6.45, 7) is 8.68. The van der Waals surface area contributed by atoms with Crippen LogP contribution in [0.15, 0.2) is 35.3 Å². The van der Waals surface area contributed by atoms with Gasteiger partial charge in [0.2, 0.25) is 5.91 Å². The molecule has 0 spiro atoms. The standard InChI is InChI=1S/C20H34N4O2/c1-16(2)14-22-20(23-15-19(25)24(4)5)21-12-9-13-26-17(3)18-10-7-6-8-11-18/h6-8,10-11,16-17H,9,12-15H2,1-5H3,(H2,21,22,23). The number of nitrogens with zero attached hydrogens (tertiary/aromatic N) is 2. The van der Waals surface area contributed by atoms with Crippen LogP contribution < -0.4 is 10.6 Å². The summed E-state index contributed by atoms with van der Waals surface area (Å²) in [5.41, 5.74) is 1.18. The molecule has 0 saturated carbocycles. The Hall–Kier alpha value is -2.08.